The van der Waals surface area contributed by atoms with E-state index in [2.05, 4.69) is 20.4 Å². The average molecular weight is 752 g/mol. The first-order valence-electron chi connectivity index (χ1n) is 14.7. The van der Waals surface area contributed by atoms with E-state index in [4.69, 9.17) is 10.6 Å². The third kappa shape index (κ3) is 8.95. The van der Waals surface area contributed by atoms with Crippen LogP contribution in [-0.2, 0) is 25.8 Å². The number of aliphatic carboxylic acids is 1. The van der Waals surface area contributed by atoms with Crippen molar-refractivity contribution in [1.29, 1.82) is 0 Å². The maximum atomic E-state index is 13.1. The number of aromatic carboxylic acids is 1. The summed E-state index contributed by atoms with van der Waals surface area (Å²) in [4.78, 5) is 77.6. The molecular formula is C30H32N8NaO8S3+. The number of pyridine rings is 1. The number of hydrogen-bond donors (Lipinski definition) is 3. The molecule has 2 aliphatic heterocycles. The molecular weight excluding hydrogens is 720 g/mol. The molecule has 16 nitrogen and oxygen atoms in total. The minimum Gasteiger partial charge on any atom is -0.543 e. The molecule has 50 heavy (non-hydrogen) atoms. The number of nitrogen functional groups attached to an aromatic ring is 1. The molecule has 2 aliphatic rings. The molecule has 5 rings (SSSR count). The van der Waals surface area contributed by atoms with Gasteiger partial charge in [-0.05, 0) is 18.6 Å². The summed E-state index contributed by atoms with van der Waals surface area (Å²) in [6, 6.07) is 2.19. The molecule has 0 saturated carbocycles. The fraction of sp³-hybridized carbons (Fsp3) is 0.300. The van der Waals surface area contributed by atoms with E-state index in [9.17, 15) is 34.2 Å². The van der Waals surface area contributed by atoms with Crippen molar-refractivity contribution in [3.05, 3.63) is 75.7 Å². The van der Waals surface area contributed by atoms with E-state index in [1.165, 1.54) is 34.5 Å². The van der Waals surface area contributed by atoms with Gasteiger partial charge in [0.2, 0.25) is 0 Å². The van der Waals surface area contributed by atoms with Gasteiger partial charge in [0, 0.05) is 35.7 Å². The number of hydrogen-bond acceptors (Lipinski definition) is 14. The van der Waals surface area contributed by atoms with Crippen LogP contribution in [0, 0.1) is 0 Å². The molecule has 5 heterocycles. The molecule has 3 aromatic rings. The minimum absolute atomic E-state index is 0. The number of allylic oxidation sites excluding steroid dienone is 2. The smallest absolute Gasteiger partial charge is 0.543 e. The van der Waals surface area contributed by atoms with E-state index in [0.717, 1.165) is 27.6 Å². The number of β-lactam (4-membered cyclic amide) rings is 1. The third-order valence-electron chi connectivity index (χ3n) is 6.82. The summed E-state index contributed by atoms with van der Waals surface area (Å²) in [7, 11) is 1.48. The van der Waals surface area contributed by atoms with Crippen LogP contribution in [0.1, 0.15) is 47.3 Å². The second kappa shape index (κ2) is 18.2. The van der Waals surface area contributed by atoms with Gasteiger partial charge in [-0.2, -0.15) is 0 Å². The van der Waals surface area contributed by atoms with Crippen molar-refractivity contribution in [1.82, 2.24) is 20.2 Å². The Morgan fingerprint density at radius 2 is 1.88 bits per heavy atom. The minimum atomic E-state index is -1.43. The maximum absolute atomic E-state index is 13.1. The molecule has 3 amide bonds. The van der Waals surface area contributed by atoms with Gasteiger partial charge in [0.25, 0.3) is 17.7 Å². The fourth-order valence-electron chi connectivity index (χ4n) is 4.54. The predicted octanol–water partition coefficient (Wildman–Crippen LogP) is -2.12. The van der Waals surface area contributed by atoms with Crippen LogP contribution in [0.25, 0.3) is 0 Å². The number of carboxylic acids is 2. The van der Waals surface area contributed by atoms with E-state index in [0.29, 0.717) is 17.7 Å². The van der Waals surface area contributed by atoms with Crippen LogP contribution < -0.4 is 55.2 Å². The number of thiazole rings is 2. The Kier molecular flexibility index (Phi) is 14.7. The van der Waals surface area contributed by atoms with E-state index in [1.54, 1.807) is 48.2 Å². The number of carbonyl (C=O) groups excluding carboxylic acids is 4. The largest absolute Gasteiger partial charge is 1.00 e. The molecule has 0 spiro atoms. The predicted molar refractivity (Wildman–Crippen MR) is 181 cm³/mol. The number of carboxylic acid groups (broad SMARTS) is 2. The Morgan fingerprint density at radius 1 is 1.20 bits per heavy atom. The van der Waals surface area contributed by atoms with E-state index in [1.807, 2.05) is 13.8 Å². The third-order valence-corrected chi connectivity index (χ3v) is 9.71. The molecule has 2 unspecified atom stereocenters. The number of aromatic nitrogens is 3. The number of carbonyl (C=O) groups is 5. The number of thioether (sulfide) groups is 1. The quantitative estimate of drug-likeness (QED) is 0.0594. The molecule has 0 bridgehead atoms. The molecule has 4 N–H and O–H groups in total. The van der Waals surface area contributed by atoms with Crippen LogP contribution in [-0.4, -0.2) is 86.2 Å². The summed E-state index contributed by atoms with van der Waals surface area (Å²) in [5.41, 5.74) is 6.05. The van der Waals surface area contributed by atoms with Crippen LogP contribution in [0.2, 0.25) is 0 Å². The number of fused-ring (bicyclic) bond motifs is 1. The SMILES string of the molecule is CC.CCO/N=C(\C(=O)NC1C(=O)N2C(C(=O)O)=C(/C=C/C[n+]3ccc(C(=O)N(C)c4nc(C(=O)[O-])cs4)cc3)CSC12)c1csc(N)n1.[Na+]. The van der Waals surface area contributed by atoms with Gasteiger partial charge in [0.15, 0.2) is 34.9 Å². The molecule has 0 radical (unpaired) electrons. The number of nitrogens with two attached hydrogens (primary N) is 1. The number of amides is 3. The standard InChI is InChI=1S/C28H26N8O8S3.C2H6.Na/c1-3-44-33-18(16-12-46-27(29)30-16)21(37)32-19-23(39)36-20(26(42)43)15(11-45-24(19)36)5-4-8-35-9-6-14(7-10-35)22(38)34(2)28-31-17(13-47-28)25(40)41;1-2;/h4-7,9-10,12-13,19,24H,3,8,11H2,1-2H3,(H4-,29,30,32,37,40,41,42,43);1-2H3;/q;;+1/b5-4+,33-18-;;. The van der Waals surface area contributed by atoms with Gasteiger partial charge in [0.1, 0.15) is 29.4 Å². The molecule has 0 aromatic carbocycles. The van der Waals surface area contributed by atoms with Crippen LogP contribution in [0.3, 0.4) is 0 Å². The zero-order chi connectivity index (χ0) is 35.8. The summed E-state index contributed by atoms with van der Waals surface area (Å²) in [5.74, 6) is -4.13. The van der Waals surface area contributed by atoms with Crippen LogP contribution in [0.5, 0.6) is 0 Å². The fourth-order valence-corrected chi connectivity index (χ4v) is 7.17. The number of rotatable bonds is 12. The van der Waals surface area contributed by atoms with Crippen molar-refractivity contribution in [2.75, 3.05) is 30.0 Å². The van der Waals surface area contributed by atoms with Gasteiger partial charge < -0.3 is 30.9 Å². The van der Waals surface area contributed by atoms with Crippen molar-refractivity contribution in [2.24, 2.45) is 5.16 Å². The van der Waals surface area contributed by atoms with Crippen molar-refractivity contribution >= 4 is 80.1 Å². The van der Waals surface area contributed by atoms with E-state index < -0.39 is 41.1 Å². The monoisotopic (exact) mass is 751 g/mol. The summed E-state index contributed by atoms with van der Waals surface area (Å²) in [6.07, 6.45) is 6.67. The summed E-state index contributed by atoms with van der Waals surface area (Å²) in [5, 5.41) is 30.0. The van der Waals surface area contributed by atoms with Crippen LogP contribution >= 0.6 is 34.4 Å². The number of anilines is 2. The zero-order valence-corrected chi connectivity index (χ0v) is 32.1. The summed E-state index contributed by atoms with van der Waals surface area (Å²) >= 11 is 3.42. The van der Waals surface area contributed by atoms with Gasteiger partial charge in [-0.1, -0.05) is 25.1 Å². The normalized spacial score (nSPS) is 16.8. The molecule has 1 saturated heterocycles. The van der Waals surface area contributed by atoms with E-state index >= 15 is 0 Å². The second-order valence-corrected chi connectivity index (χ2v) is 12.7. The van der Waals surface area contributed by atoms with Gasteiger partial charge in [-0.25, -0.2) is 19.3 Å². The topological polar surface area (TPSA) is 224 Å². The number of nitrogens with one attached hydrogen (secondary N) is 1. The Hall–Kier alpha value is -4.14. The molecule has 0 aliphatic carbocycles. The van der Waals surface area contributed by atoms with Gasteiger partial charge in [-0.15, -0.1) is 34.4 Å². The number of nitrogens with zero attached hydrogens (tertiary/aromatic N) is 6. The van der Waals surface area contributed by atoms with Gasteiger partial charge >= 0.3 is 35.5 Å². The number of oxime groups is 1. The first-order valence-corrected chi connectivity index (χ1v) is 17.5. The van der Waals surface area contributed by atoms with Crippen LogP contribution in [0.4, 0.5) is 10.3 Å². The van der Waals surface area contributed by atoms with Crippen molar-refractivity contribution in [3.8, 4) is 0 Å². The molecule has 3 aromatic heterocycles. The van der Waals surface area contributed by atoms with E-state index in [-0.39, 0.29) is 75.0 Å². The molecule has 20 heteroatoms. The van der Waals surface area contributed by atoms with Crippen molar-refractivity contribution in [2.45, 2.75) is 38.7 Å². The molecule has 2 atom stereocenters. The second-order valence-electron chi connectivity index (χ2n) is 9.82. The maximum Gasteiger partial charge on any atom is 1.00 e. The Bertz CT molecular complexity index is 1840. The van der Waals surface area contributed by atoms with Crippen LogP contribution in [0.15, 0.2) is 63.9 Å². The van der Waals surface area contributed by atoms with Crippen molar-refractivity contribution in [3.63, 3.8) is 0 Å². The first-order chi connectivity index (χ1) is 23.5. The Morgan fingerprint density at radius 3 is 2.46 bits per heavy atom. The zero-order valence-electron chi connectivity index (χ0n) is 27.7. The first kappa shape index (κ1) is 40.3. The summed E-state index contributed by atoms with van der Waals surface area (Å²) in [6.45, 7) is 6.21. The van der Waals surface area contributed by atoms with Gasteiger partial charge in [0.05, 0.1) is 17.2 Å². The Labute approximate surface area is 321 Å². The average Bonchev–Trinajstić information content (AvgIpc) is 3.77. The van der Waals surface area contributed by atoms with Gasteiger partial charge in [-0.3, -0.25) is 24.2 Å². The summed E-state index contributed by atoms with van der Waals surface area (Å²) < 4.78 is 1.75. The molecule has 258 valence electrons. The Balaban J connectivity index is 0.00000221. The van der Waals surface area contributed by atoms with Crippen molar-refractivity contribution < 1.29 is 73.1 Å². The molecule has 1 fully saturated rings.